The topological polar surface area (TPSA) is 26.8 Å². The van der Waals surface area contributed by atoms with E-state index in [4.69, 9.17) is 0 Å². The Labute approximate surface area is 185 Å². The van der Waals surface area contributed by atoms with Crippen LogP contribution in [0.2, 0.25) is 0 Å². The Morgan fingerprint density at radius 1 is 1.03 bits per heavy atom. The minimum absolute atomic E-state index is 0. The van der Waals surface area contributed by atoms with Gasteiger partial charge in [0.05, 0.1) is 6.54 Å². The van der Waals surface area contributed by atoms with E-state index in [0.717, 1.165) is 57.4 Å². The Morgan fingerprint density at radius 2 is 1.69 bits per heavy atom. The van der Waals surface area contributed by atoms with Gasteiger partial charge in [-0.1, -0.05) is 12.1 Å². The van der Waals surface area contributed by atoms with E-state index >= 15 is 0 Å². The molecular formula is C21H33Cl2F2N3O. The molecule has 4 nitrogen and oxygen atoms in total. The Balaban J connectivity index is 0.00000210. The fourth-order valence-electron chi connectivity index (χ4n) is 4.20. The van der Waals surface area contributed by atoms with Crippen LogP contribution in [0.5, 0.6) is 0 Å². The number of ketones is 1. The normalized spacial score (nSPS) is 19.0. The van der Waals surface area contributed by atoms with Crippen molar-refractivity contribution < 1.29 is 13.6 Å². The van der Waals surface area contributed by atoms with E-state index in [0.29, 0.717) is 6.54 Å². The van der Waals surface area contributed by atoms with Crippen LogP contribution in [-0.4, -0.2) is 67.9 Å². The number of halogens is 4. The summed E-state index contributed by atoms with van der Waals surface area (Å²) in [7, 11) is 0. The lowest BCUT2D eigenvalue weighted by atomic mass is 9.93. The van der Waals surface area contributed by atoms with Crippen LogP contribution < -0.4 is 4.90 Å². The molecule has 166 valence electrons. The molecule has 0 atom stereocenters. The largest absolute Gasteiger partial charge is 0.369 e. The van der Waals surface area contributed by atoms with Gasteiger partial charge in [-0.15, -0.1) is 24.8 Å². The van der Waals surface area contributed by atoms with E-state index < -0.39 is 6.43 Å². The zero-order valence-electron chi connectivity index (χ0n) is 17.1. The van der Waals surface area contributed by atoms with Crippen molar-refractivity contribution in [2.75, 3.05) is 57.3 Å². The fourth-order valence-corrected chi connectivity index (χ4v) is 4.20. The zero-order chi connectivity index (χ0) is 19.2. The highest BCUT2D eigenvalue weighted by Gasteiger charge is 2.22. The molecule has 2 fully saturated rings. The number of piperazine rings is 1. The number of hydrogen-bond acceptors (Lipinski definition) is 4. The van der Waals surface area contributed by atoms with Gasteiger partial charge in [0.2, 0.25) is 0 Å². The molecular weight excluding hydrogens is 419 g/mol. The first-order valence-corrected chi connectivity index (χ1v) is 10.1. The Bertz CT molecular complexity index is 620. The van der Waals surface area contributed by atoms with Crippen molar-refractivity contribution in [1.82, 2.24) is 9.80 Å². The van der Waals surface area contributed by atoms with E-state index in [-0.39, 0.29) is 36.2 Å². The van der Waals surface area contributed by atoms with Gasteiger partial charge in [-0.2, -0.15) is 0 Å². The average Bonchev–Trinajstić information content (AvgIpc) is 2.67. The van der Waals surface area contributed by atoms with Crippen molar-refractivity contribution in [3.63, 3.8) is 0 Å². The van der Waals surface area contributed by atoms with Gasteiger partial charge in [0.1, 0.15) is 5.78 Å². The molecule has 0 radical (unpaired) electrons. The molecule has 29 heavy (non-hydrogen) atoms. The summed E-state index contributed by atoms with van der Waals surface area (Å²) >= 11 is 0. The third-order valence-electron chi connectivity index (χ3n) is 5.87. The van der Waals surface area contributed by atoms with E-state index in [1.165, 1.54) is 25.3 Å². The minimum atomic E-state index is -2.41. The molecule has 0 bridgehead atoms. The molecule has 0 N–H and O–H groups in total. The van der Waals surface area contributed by atoms with Crippen LogP contribution in [0.15, 0.2) is 24.3 Å². The Kier molecular flexibility index (Phi) is 11.4. The Morgan fingerprint density at radius 3 is 2.28 bits per heavy atom. The van der Waals surface area contributed by atoms with Crippen LogP contribution >= 0.6 is 24.8 Å². The van der Waals surface area contributed by atoms with Gasteiger partial charge >= 0.3 is 0 Å². The van der Waals surface area contributed by atoms with Crippen molar-refractivity contribution in [3.8, 4) is 0 Å². The van der Waals surface area contributed by atoms with E-state index in [2.05, 4.69) is 14.7 Å². The van der Waals surface area contributed by atoms with E-state index in [1.807, 2.05) is 6.07 Å². The highest BCUT2D eigenvalue weighted by atomic mass is 35.5. The zero-order valence-corrected chi connectivity index (χ0v) is 18.7. The van der Waals surface area contributed by atoms with Crippen LogP contribution in [0.3, 0.4) is 0 Å². The van der Waals surface area contributed by atoms with Gasteiger partial charge in [-0.25, -0.2) is 8.78 Å². The molecule has 0 spiro atoms. The number of nitrogens with zero attached hydrogens (tertiary/aromatic N) is 3. The third-order valence-corrected chi connectivity index (χ3v) is 5.87. The number of hydrogen-bond donors (Lipinski definition) is 0. The fraction of sp³-hybridized carbons (Fsp3) is 0.667. The van der Waals surface area contributed by atoms with Gasteiger partial charge < -0.3 is 4.90 Å². The predicted octanol–water partition coefficient (Wildman–Crippen LogP) is 4.28. The summed E-state index contributed by atoms with van der Waals surface area (Å²) < 4.78 is 25.8. The van der Waals surface area contributed by atoms with Crippen LogP contribution in [-0.2, 0) is 4.79 Å². The lowest BCUT2D eigenvalue weighted by molar-refractivity contribution is -0.118. The second-order valence-corrected chi connectivity index (χ2v) is 7.93. The number of benzene rings is 1. The number of piperidine rings is 1. The standard InChI is InChI=1S/C21H31F2N3O.2ClH/c1-17(27)16-25-9-6-18(7-10-25)5-8-24-11-13-26(14-12-24)20-4-2-3-19(15-20)21(22)23;;/h2-4,15,18,21H,5-14,16H2,1H3;2*1H. The molecule has 8 heteroatoms. The number of carbonyl (C=O) groups is 1. The molecule has 0 aromatic heterocycles. The monoisotopic (exact) mass is 451 g/mol. The maximum atomic E-state index is 12.9. The Hall–Kier alpha value is -0.950. The second kappa shape index (κ2) is 12.7. The number of carbonyl (C=O) groups excluding carboxylic acids is 1. The molecule has 0 amide bonds. The first-order chi connectivity index (χ1) is 13.0. The minimum Gasteiger partial charge on any atom is -0.369 e. The van der Waals surface area contributed by atoms with Crippen molar-refractivity contribution in [2.45, 2.75) is 32.6 Å². The summed E-state index contributed by atoms with van der Waals surface area (Å²) in [6, 6.07) is 6.76. The molecule has 1 aromatic rings. The predicted molar refractivity (Wildman–Crippen MR) is 119 cm³/mol. The van der Waals surface area contributed by atoms with E-state index in [9.17, 15) is 13.6 Å². The average molecular weight is 452 g/mol. The van der Waals surface area contributed by atoms with Gasteiger partial charge in [-0.3, -0.25) is 14.6 Å². The number of anilines is 1. The molecule has 2 saturated heterocycles. The molecule has 2 heterocycles. The maximum Gasteiger partial charge on any atom is 0.263 e. The van der Waals surface area contributed by atoms with Crippen LogP contribution in [0.1, 0.15) is 38.2 Å². The van der Waals surface area contributed by atoms with Crippen molar-refractivity contribution in [3.05, 3.63) is 29.8 Å². The summed E-state index contributed by atoms with van der Waals surface area (Å²) in [5.41, 5.74) is 1.01. The molecule has 0 aliphatic carbocycles. The van der Waals surface area contributed by atoms with E-state index in [1.54, 1.807) is 19.1 Å². The molecule has 0 saturated carbocycles. The number of Topliss-reactive ketones (excluding diaryl/α,β-unsaturated/α-hetero) is 1. The maximum absolute atomic E-state index is 12.9. The quantitative estimate of drug-likeness (QED) is 0.617. The van der Waals surface area contributed by atoms with Gasteiger partial charge in [-0.05, 0) is 63.9 Å². The molecule has 3 rings (SSSR count). The summed E-state index contributed by atoms with van der Waals surface area (Å²) in [4.78, 5) is 18.2. The SMILES string of the molecule is CC(=O)CN1CCC(CCN2CCN(c3cccc(C(F)F)c3)CC2)CC1.Cl.Cl. The van der Waals surface area contributed by atoms with Gasteiger partial charge in [0.15, 0.2) is 0 Å². The van der Waals surface area contributed by atoms with Crippen molar-refractivity contribution >= 4 is 36.3 Å². The first kappa shape index (κ1) is 26.1. The highest BCUT2D eigenvalue weighted by Crippen LogP contribution is 2.25. The van der Waals surface area contributed by atoms with Crippen LogP contribution in [0.25, 0.3) is 0 Å². The smallest absolute Gasteiger partial charge is 0.263 e. The van der Waals surface area contributed by atoms with Crippen molar-refractivity contribution in [1.29, 1.82) is 0 Å². The van der Waals surface area contributed by atoms with Gasteiger partial charge in [0.25, 0.3) is 6.43 Å². The molecule has 2 aliphatic rings. The number of rotatable bonds is 7. The molecule has 2 aliphatic heterocycles. The van der Waals surface area contributed by atoms with Gasteiger partial charge in [0, 0.05) is 37.4 Å². The lowest BCUT2D eigenvalue weighted by Crippen LogP contribution is -2.47. The summed E-state index contributed by atoms with van der Waals surface area (Å²) in [6.45, 7) is 9.22. The first-order valence-electron chi connectivity index (χ1n) is 10.1. The highest BCUT2D eigenvalue weighted by molar-refractivity contribution is 5.85. The number of alkyl halides is 2. The molecule has 1 aromatic carbocycles. The summed E-state index contributed by atoms with van der Waals surface area (Å²) in [5, 5.41) is 0. The summed E-state index contributed by atoms with van der Waals surface area (Å²) in [5.74, 6) is 1.01. The third kappa shape index (κ3) is 8.00. The number of likely N-dealkylation sites (tertiary alicyclic amines) is 1. The van der Waals surface area contributed by atoms with Crippen LogP contribution in [0, 0.1) is 5.92 Å². The second-order valence-electron chi connectivity index (χ2n) is 7.93. The lowest BCUT2D eigenvalue weighted by Gasteiger charge is -2.37. The summed E-state index contributed by atoms with van der Waals surface area (Å²) in [6.07, 6.45) is 1.18. The molecule has 0 unspecified atom stereocenters. The van der Waals surface area contributed by atoms with Crippen molar-refractivity contribution in [2.24, 2.45) is 5.92 Å². The van der Waals surface area contributed by atoms with Crippen LogP contribution in [0.4, 0.5) is 14.5 Å².